The number of esters is 1. The van der Waals surface area contributed by atoms with Crippen LogP contribution in [0, 0.1) is 5.82 Å². The number of nitrogens with zero attached hydrogens (tertiary/aromatic N) is 1. The normalized spacial score (nSPS) is 11.6. The van der Waals surface area contributed by atoms with Crippen LogP contribution in [0.1, 0.15) is 15.2 Å². The maximum atomic E-state index is 13.6. The summed E-state index contributed by atoms with van der Waals surface area (Å²) in [7, 11) is 1.28. The summed E-state index contributed by atoms with van der Waals surface area (Å²) in [5, 5.41) is 2.09. The highest BCUT2D eigenvalue weighted by molar-refractivity contribution is 8.00. The largest absolute Gasteiger partial charge is 0.465 e. The number of hydrogen-bond acceptors (Lipinski definition) is 6. The number of ether oxygens (including phenoxy) is 1. The number of aromatic nitrogens is 1. The summed E-state index contributed by atoms with van der Waals surface area (Å²) in [5.74, 6) is -1.46. The highest BCUT2D eigenvalue weighted by Crippen LogP contribution is 2.41. The Morgan fingerprint density at radius 2 is 1.96 bits per heavy atom. The molecular weight excluding hydrogens is 422 g/mol. The van der Waals surface area contributed by atoms with Crippen LogP contribution in [0.5, 0.6) is 0 Å². The molecule has 0 radical (unpaired) electrons. The number of thioether (sulfide) groups is 1. The van der Waals surface area contributed by atoms with Gasteiger partial charge in [-0.2, -0.15) is 13.2 Å². The van der Waals surface area contributed by atoms with Crippen molar-refractivity contribution in [1.29, 1.82) is 0 Å². The van der Waals surface area contributed by atoms with Crippen molar-refractivity contribution in [2.24, 2.45) is 0 Å². The first-order valence-corrected chi connectivity index (χ1v) is 10.2. The van der Waals surface area contributed by atoms with Gasteiger partial charge >= 0.3 is 12.1 Å². The molecule has 0 N–H and O–H groups in total. The molecule has 0 fully saturated rings. The van der Waals surface area contributed by atoms with E-state index in [1.54, 1.807) is 11.4 Å². The molecule has 0 amide bonds. The first-order chi connectivity index (χ1) is 12.7. The van der Waals surface area contributed by atoms with Crippen LogP contribution in [-0.2, 0) is 10.9 Å². The van der Waals surface area contributed by atoms with Crippen LogP contribution in [-0.4, -0.2) is 24.3 Å². The number of carbonyl (C=O) groups excluding carboxylic acids is 1. The second-order valence-corrected chi connectivity index (χ2v) is 8.26. The smallest absolute Gasteiger partial charge is 0.416 e. The van der Waals surface area contributed by atoms with Crippen LogP contribution in [0.3, 0.4) is 0 Å². The fraction of sp³-hybridized carbons (Fsp3) is 0.176. The van der Waals surface area contributed by atoms with E-state index in [0.717, 1.165) is 16.3 Å². The molecule has 3 rings (SSSR count). The van der Waals surface area contributed by atoms with Crippen molar-refractivity contribution in [1.82, 2.24) is 4.98 Å². The molecule has 3 nitrogen and oxygen atoms in total. The van der Waals surface area contributed by atoms with Crippen molar-refractivity contribution < 1.29 is 27.1 Å². The molecule has 0 aliphatic carbocycles. The first-order valence-electron chi connectivity index (χ1n) is 7.33. The van der Waals surface area contributed by atoms with Gasteiger partial charge in [-0.25, -0.2) is 14.2 Å². The molecule has 0 spiro atoms. The molecule has 0 bridgehead atoms. The van der Waals surface area contributed by atoms with Crippen molar-refractivity contribution in [3.63, 3.8) is 0 Å². The minimum absolute atomic E-state index is 0.0407. The minimum atomic E-state index is -4.65. The Bertz CT molecular complexity index is 994. The second-order valence-electron chi connectivity index (χ2n) is 5.27. The number of halogens is 4. The van der Waals surface area contributed by atoms with Crippen LogP contribution >= 0.6 is 34.4 Å². The van der Waals surface area contributed by atoms with Gasteiger partial charge in [-0.15, -0.1) is 34.4 Å². The molecule has 0 atom stereocenters. The van der Waals surface area contributed by atoms with Gasteiger partial charge in [0.05, 0.1) is 22.6 Å². The lowest BCUT2D eigenvalue weighted by Gasteiger charge is -2.08. The Morgan fingerprint density at radius 3 is 2.59 bits per heavy atom. The maximum Gasteiger partial charge on any atom is 0.416 e. The van der Waals surface area contributed by atoms with Crippen molar-refractivity contribution in [2.75, 3.05) is 13.4 Å². The van der Waals surface area contributed by atoms with E-state index in [1.807, 2.05) is 6.26 Å². The number of carbonyl (C=O) groups is 1. The zero-order chi connectivity index (χ0) is 19.8. The van der Waals surface area contributed by atoms with Crippen molar-refractivity contribution in [3.05, 3.63) is 45.9 Å². The highest BCUT2D eigenvalue weighted by atomic mass is 32.2. The van der Waals surface area contributed by atoms with Gasteiger partial charge in [-0.05, 0) is 30.5 Å². The van der Waals surface area contributed by atoms with Gasteiger partial charge in [0.25, 0.3) is 0 Å². The maximum absolute atomic E-state index is 13.6. The molecule has 0 unspecified atom stereocenters. The number of thiophene rings is 1. The van der Waals surface area contributed by atoms with E-state index in [9.17, 15) is 22.4 Å². The standard InChI is InChI=1S/C17H11F4NO2S3/c1-24-15(23)13-6-11(16(25-2)27-13)14-22-12(7-26-14)8-3-9(17(19,20)21)5-10(18)4-8/h3-7H,1-2H3. The van der Waals surface area contributed by atoms with Gasteiger partial charge in [-0.1, -0.05) is 0 Å². The van der Waals surface area contributed by atoms with Crippen LogP contribution < -0.4 is 0 Å². The fourth-order valence-corrected chi connectivity index (χ4v) is 5.07. The van der Waals surface area contributed by atoms with E-state index in [-0.39, 0.29) is 11.3 Å². The molecule has 1 aromatic carbocycles. The predicted molar refractivity (Wildman–Crippen MR) is 98.9 cm³/mol. The zero-order valence-corrected chi connectivity index (χ0v) is 16.3. The van der Waals surface area contributed by atoms with Gasteiger partial charge in [0, 0.05) is 16.5 Å². The third kappa shape index (κ3) is 4.17. The molecule has 142 valence electrons. The molecule has 0 saturated heterocycles. The Labute approximate surface area is 164 Å². The third-order valence-electron chi connectivity index (χ3n) is 3.53. The van der Waals surface area contributed by atoms with Crippen LogP contribution in [0.4, 0.5) is 17.6 Å². The molecule has 27 heavy (non-hydrogen) atoms. The molecule has 2 aromatic heterocycles. The summed E-state index contributed by atoms with van der Waals surface area (Å²) in [4.78, 5) is 16.5. The average molecular weight is 433 g/mol. The van der Waals surface area contributed by atoms with E-state index >= 15 is 0 Å². The van der Waals surface area contributed by atoms with Crippen LogP contribution in [0.25, 0.3) is 21.8 Å². The monoisotopic (exact) mass is 433 g/mol. The van der Waals surface area contributed by atoms with E-state index in [2.05, 4.69) is 4.98 Å². The summed E-state index contributed by atoms with van der Waals surface area (Å²) >= 11 is 3.87. The topological polar surface area (TPSA) is 39.2 Å². The number of hydrogen-bond donors (Lipinski definition) is 0. The molecular formula is C17H11F4NO2S3. The minimum Gasteiger partial charge on any atom is -0.465 e. The van der Waals surface area contributed by atoms with E-state index < -0.39 is 23.5 Å². The van der Waals surface area contributed by atoms with E-state index in [0.29, 0.717) is 21.5 Å². The molecule has 2 heterocycles. The van der Waals surface area contributed by atoms with Gasteiger partial charge in [0.1, 0.15) is 15.7 Å². The first kappa shape index (κ1) is 19.8. The van der Waals surface area contributed by atoms with Gasteiger partial charge in [0.15, 0.2) is 0 Å². The third-order valence-corrected chi connectivity index (χ3v) is 6.65. The van der Waals surface area contributed by atoms with Gasteiger partial charge in [-0.3, -0.25) is 0 Å². The van der Waals surface area contributed by atoms with E-state index in [4.69, 9.17) is 4.74 Å². The number of benzene rings is 1. The highest BCUT2D eigenvalue weighted by Gasteiger charge is 2.31. The van der Waals surface area contributed by atoms with Crippen molar-refractivity contribution >= 4 is 40.4 Å². The van der Waals surface area contributed by atoms with Gasteiger partial charge < -0.3 is 4.74 Å². The van der Waals surface area contributed by atoms with Crippen LogP contribution in [0.15, 0.2) is 33.9 Å². The summed E-state index contributed by atoms with van der Waals surface area (Å²) in [6.07, 6.45) is -2.81. The zero-order valence-electron chi connectivity index (χ0n) is 13.9. The second kappa shape index (κ2) is 7.61. The quantitative estimate of drug-likeness (QED) is 0.279. The SMILES string of the molecule is COC(=O)c1cc(-c2nc(-c3cc(F)cc(C(F)(F)F)c3)cs2)c(SC)s1. The molecule has 0 aliphatic rings. The predicted octanol–water partition coefficient (Wildman–Crippen LogP) is 6.21. The van der Waals surface area contributed by atoms with Crippen LogP contribution in [0.2, 0.25) is 0 Å². The van der Waals surface area contributed by atoms with Crippen molar-refractivity contribution in [3.8, 4) is 21.8 Å². The Morgan fingerprint density at radius 1 is 1.22 bits per heavy atom. The van der Waals surface area contributed by atoms with E-state index in [1.165, 1.54) is 41.5 Å². The summed E-state index contributed by atoms with van der Waals surface area (Å²) in [6.45, 7) is 0. The number of methoxy groups -OCH3 is 1. The number of alkyl halides is 3. The molecule has 0 aliphatic heterocycles. The number of thiazole rings is 1. The summed E-state index contributed by atoms with van der Waals surface area (Å²) < 4.78 is 57.9. The summed E-state index contributed by atoms with van der Waals surface area (Å²) in [5.41, 5.74) is -0.103. The summed E-state index contributed by atoms with van der Waals surface area (Å²) in [6, 6.07) is 3.96. The molecule has 0 saturated carbocycles. The lowest BCUT2D eigenvalue weighted by Crippen LogP contribution is -2.05. The van der Waals surface area contributed by atoms with Crippen molar-refractivity contribution in [2.45, 2.75) is 10.4 Å². The lowest BCUT2D eigenvalue weighted by atomic mass is 10.1. The fourth-order valence-electron chi connectivity index (χ4n) is 2.31. The lowest BCUT2D eigenvalue weighted by molar-refractivity contribution is -0.137. The Balaban J connectivity index is 2.02. The Hall–Kier alpha value is -1.91. The number of rotatable bonds is 4. The molecule has 3 aromatic rings. The van der Waals surface area contributed by atoms with Gasteiger partial charge in [0.2, 0.25) is 0 Å². The average Bonchev–Trinajstić information content (AvgIpc) is 3.26. The Kier molecular flexibility index (Phi) is 5.59. The molecule has 10 heteroatoms.